The second-order valence-electron chi connectivity index (χ2n) is 41.5. The first-order valence-corrected chi connectivity index (χ1v) is 44.7. The van der Waals surface area contributed by atoms with Gasteiger partial charge < -0.3 is 27.8 Å². The third-order valence-corrected chi connectivity index (χ3v) is 27.0. The van der Waals surface area contributed by atoms with Crippen LogP contribution in [0.4, 0.5) is 34.1 Å². The molecule has 0 unspecified atom stereocenters. The Morgan fingerprint density at radius 1 is 0.260 bits per heavy atom. The van der Waals surface area contributed by atoms with Crippen LogP contribution in [-0.2, 0) is 32.5 Å². The predicted octanol–water partition coefficient (Wildman–Crippen LogP) is 31.9. The van der Waals surface area contributed by atoms with Gasteiger partial charge in [-0.3, -0.25) is 0 Å². The Bertz CT molecular complexity index is 8300. The molecule has 0 bridgehead atoms. The fraction of sp³-hybridized carbons (Fsp3) is 0.200. The van der Waals surface area contributed by atoms with Gasteiger partial charge in [-0.1, -0.05) is 331 Å². The van der Waals surface area contributed by atoms with Crippen LogP contribution in [0, 0.1) is 0 Å². The molecule has 0 atom stereocenters. The molecule has 2 aliphatic heterocycles. The van der Waals surface area contributed by atoms with Crippen molar-refractivity contribution in [3.63, 3.8) is 0 Å². The smallest absolute Gasteiger partial charge is 0.252 e. The van der Waals surface area contributed by atoms with Gasteiger partial charge in [0.05, 0.1) is 44.4 Å². The second kappa shape index (κ2) is 28.4. The van der Waals surface area contributed by atoms with Crippen molar-refractivity contribution in [1.29, 1.82) is 0 Å². The Labute approximate surface area is 757 Å². The second-order valence-corrected chi connectivity index (χ2v) is 41.5. The number of nitrogens with zero attached hydrogens (tertiary/aromatic N) is 4. The average Bonchev–Trinajstić information content (AvgIpc) is 1.34. The zero-order chi connectivity index (χ0) is 94.6. The summed E-state index contributed by atoms with van der Waals surface area (Å²) in [7, 11) is 0. The van der Waals surface area contributed by atoms with Crippen molar-refractivity contribution < 1.29 is 19.8 Å². The van der Waals surface area contributed by atoms with Crippen LogP contribution in [0.25, 0.3) is 154 Å². The Morgan fingerprint density at radius 3 is 1.17 bits per heavy atom. The first-order valence-electron chi connectivity index (χ1n) is 48.7. The maximum Gasteiger partial charge on any atom is 0.252 e. The minimum absolute atomic E-state index is 0.0119. The molecule has 0 spiro atoms. The van der Waals surface area contributed by atoms with Crippen LogP contribution in [0.5, 0.6) is 0 Å². The topological polar surface area (TPSA) is 42.6 Å². The van der Waals surface area contributed by atoms with Gasteiger partial charge in [-0.2, -0.15) is 0 Å². The van der Waals surface area contributed by atoms with Crippen molar-refractivity contribution in [2.24, 2.45) is 0 Å². The predicted molar refractivity (Wildman–Crippen MR) is 543 cm³/mol. The monoisotopic (exact) mass is 1650 g/mol. The lowest BCUT2D eigenvalue weighted by molar-refractivity contribution is 0.569. The molecule has 0 radical (unpaired) electrons. The third-order valence-electron chi connectivity index (χ3n) is 27.0. The number of anilines is 6. The first kappa shape index (κ1) is 70.6. The number of hydrogen-bond donors (Lipinski definition) is 0. The van der Waals surface area contributed by atoms with Crippen LogP contribution in [0.2, 0.25) is 0 Å². The summed E-state index contributed by atoms with van der Waals surface area (Å²) in [5.74, 6) is 0. The summed E-state index contributed by atoms with van der Waals surface area (Å²) in [6.45, 7) is 40.7. The molecule has 20 aromatic rings. The van der Waals surface area contributed by atoms with Gasteiger partial charge in [-0.05, 0) is 225 Å². The van der Waals surface area contributed by atoms with Gasteiger partial charge in [0.25, 0.3) is 6.71 Å². The van der Waals surface area contributed by atoms with Gasteiger partial charge in [0.1, 0.15) is 22.3 Å². The van der Waals surface area contributed by atoms with Crippen LogP contribution in [-0.4, -0.2) is 15.8 Å². The van der Waals surface area contributed by atoms with E-state index in [2.05, 4.69) is 394 Å². The van der Waals surface area contributed by atoms with E-state index in [1.165, 1.54) is 22.3 Å². The van der Waals surface area contributed by atoms with Gasteiger partial charge in [0, 0.05) is 105 Å². The third kappa shape index (κ3) is 12.9. The summed E-state index contributed by atoms with van der Waals surface area (Å²) in [5.41, 5.74) is 29.2. The molecule has 22 rings (SSSR count). The van der Waals surface area contributed by atoms with Crippen molar-refractivity contribution in [1.82, 2.24) is 9.13 Å². The molecule has 6 heterocycles. The average molecular weight is 1660 g/mol. The Kier molecular flexibility index (Phi) is 15.8. The molecule has 0 saturated heterocycles. The lowest BCUT2D eigenvalue weighted by Gasteiger charge is -2.46. The van der Waals surface area contributed by atoms with Crippen LogP contribution < -0.4 is 26.2 Å². The number of aromatic nitrogens is 2. The summed E-state index contributed by atoms with van der Waals surface area (Å²) in [6, 6.07) is 97.2. The van der Waals surface area contributed by atoms with E-state index in [4.69, 9.17) is 8.83 Å². The Hall–Kier alpha value is -13.6. The van der Waals surface area contributed by atoms with Crippen molar-refractivity contribution in [3.05, 3.63) is 355 Å². The highest BCUT2D eigenvalue weighted by Crippen LogP contribution is 2.58. The van der Waals surface area contributed by atoms with E-state index in [1.807, 2.05) is 18.2 Å². The molecule has 0 fully saturated rings. The van der Waals surface area contributed by atoms with Gasteiger partial charge >= 0.3 is 0 Å². The first-order chi connectivity index (χ1) is 64.1. The Morgan fingerprint density at radius 2 is 0.661 bits per heavy atom. The Balaban J connectivity index is 0.987. The quantitative estimate of drug-likeness (QED) is 0.135. The highest BCUT2D eigenvalue weighted by atomic mass is 16.3. The number of hydrogen-bond acceptors (Lipinski definition) is 4. The van der Waals surface area contributed by atoms with E-state index in [9.17, 15) is 11.0 Å². The molecule has 6 nitrogen and oxygen atoms in total. The van der Waals surface area contributed by atoms with Gasteiger partial charge in [-0.15, -0.1) is 0 Å². The van der Waals surface area contributed by atoms with E-state index in [0.717, 1.165) is 183 Å². The van der Waals surface area contributed by atoms with E-state index < -0.39 is 65.9 Å². The normalized spacial score (nSPS) is 14.3. The van der Waals surface area contributed by atoms with Crippen LogP contribution in [0.1, 0.15) is 169 Å². The van der Waals surface area contributed by atoms with Crippen LogP contribution >= 0.6 is 0 Å². The SMILES string of the molecule is [2H]c1c([2H])c([2H])c2c(c1[2H])c1c([2H])c([2H])c([2H])c([2H])c1n2-c1ccc2c(c1)N(c1c(-c3ccccc3)cc(C(C)(C)C)cc1-c1cccc3oc4ccccc4c13)c1cc(-c3cc(C(C)(C)C)cc(C(C)(C)C)c3)cc3c1B2c1ccc(-n2c4ccc(C(C)(C)C)cc4c4cc(C(C)(C)C)ccc42)cc1N3c1c(-c2ccccc2)cc(C(C)(C)C)cc1-c1cccc2c1oc1ccccc12. The van der Waals surface area contributed by atoms with Gasteiger partial charge in [0.15, 0.2) is 0 Å². The maximum absolute atomic E-state index is 10.2. The van der Waals surface area contributed by atoms with E-state index in [-0.39, 0.29) is 43.5 Å². The summed E-state index contributed by atoms with van der Waals surface area (Å²) in [4.78, 5) is 5.14. The van der Waals surface area contributed by atoms with Crippen molar-refractivity contribution in [2.45, 2.75) is 157 Å². The minimum Gasteiger partial charge on any atom is -0.456 e. The fourth-order valence-electron chi connectivity index (χ4n) is 20.1. The van der Waals surface area contributed by atoms with Crippen LogP contribution in [0.15, 0.2) is 330 Å². The summed E-state index contributed by atoms with van der Waals surface area (Å²) >= 11 is 0. The van der Waals surface area contributed by atoms with Crippen LogP contribution in [0.3, 0.4) is 0 Å². The van der Waals surface area contributed by atoms with E-state index in [0.29, 0.717) is 11.4 Å². The molecular weight excluding hydrogens is 1540 g/mol. The number of para-hydroxylation sites is 5. The number of furan rings is 2. The van der Waals surface area contributed by atoms with Gasteiger partial charge in [-0.25, -0.2) is 0 Å². The van der Waals surface area contributed by atoms with Gasteiger partial charge in [0.2, 0.25) is 0 Å². The highest BCUT2D eigenvalue weighted by Gasteiger charge is 2.47. The molecule has 0 amide bonds. The molecule has 622 valence electrons. The maximum atomic E-state index is 10.2. The number of rotatable bonds is 9. The summed E-state index contributed by atoms with van der Waals surface area (Å²) in [6.07, 6.45) is 0. The van der Waals surface area contributed by atoms with Crippen molar-refractivity contribution in [3.8, 4) is 67.0 Å². The highest BCUT2D eigenvalue weighted by molar-refractivity contribution is 7.00. The summed E-state index contributed by atoms with van der Waals surface area (Å²) in [5, 5.41) is 6.18. The summed E-state index contributed by atoms with van der Waals surface area (Å²) < 4.78 is 96.5. The molecule has 0 saturated carbocycles. The zero-order valence-electron chi connectivity index (χ0n) is 83.7. The largest absolute Gasteiger partial charge is 0.456 e. The molecule has 0 aliphatic carbocycles. The van der Waals surface area contributed by atoms with E-state index in [1.54, 1.807) is 4.57 Å². The molecule has 0 N–H and O–H groups in total. The molecule has 4 aromatic heterocycles. The molecule has 2 aliphatic rings. The standard InChI is InChI=1S/C120H107BN4O2/c1-115(2,3)76-51-57-101-93(64-76)94-65-77(116(4,5)6)52-58-102(94)123(101)83-54-56-98-104(71-83)125(113-92(73-37-23-20-24-38-73)67-81(120(16,17)18)69-96(113)89-45-33-44-88-86-41-27-31-48-107(86)127-114(88)89)106-62-75(74-59-78(117(7,8)9)63-79(60-74)118(10,11)12)61-105-111(106)121(98)97-55-53-82(122-99-46-29-25-39-84(99)85-40-26-30-47-100(85)122)70-103(97)124(105)112-91(72-35-21-19-22-36-72)66-80(119(13,14)15)68-95(112)87-43-34-50-109-110(87)90-42-28-32-49-108(90)126-109/h19-71H,1-18H3/i25D,26D,29D,30D,39D,40D,46D,47D. The lowest BCUT2D eigenvalue weighted by atomic mass is 9.33. The molecular formula is C120H107BN4O2. The zero-order valence-corrected chi connectivity index (χ0v) is 75.7. The minimum atomic E-state index is -0.639. The fourth-order valence-corrected chi connectivity index (χ4v) is 20.1. The van der Waals surface area contributed by atoms with E-state index >= 15 is 0 Å². The number of fused-ring (bicyclic) bond motifs is 16. The molecule has 16 aromatic carbocycles. The van der Waals surface area contributed by atoms with Crippen molar-refractivity contribution in [2.75, 3.05) is 9.80 Å². The molecule has 127 heavy (non-hydrogen) atoms. The number of benzene rings is 16. The van der Waals surface area contributed by atoms with Crippen molar-refractivity contribution >= 4 is 145 Å². The lowest BCUT2D eigenvalue weighted by Crippen LogP contribution is -2.61. The molecule has 7 heteroatoms.